The molecule has 0 atom stereocenters. The van der Waals surface area contributed by atoms with Gasteiger partial charge in [-0.1, -0.05) is 0 Å². The number of rotatable bonds is 4. The molecule has 0 fully saturated rings. The average Bonchev–Trinajstić information content (AvgIpc) is 2.49. The summed E-state index contributed by atoms with van der Waals surface area (Å²) in [4.78, 5) is 25.3. The molecule has 1 aromatic carbocycles. The predicted molar refractivity (Wildman–Crippen MR) is 87.2 cm³/mol. The zero-order valence-electron chi connectivity index (χ0n) is 13.8. The lowest BCUT2D eigenvalue weighted by atomic mass is 10.2. The van der Waals surface area contributed by atoms with Gasteiger partial charge in [0.25, 0.3) is 0 Å². The van der Waals surface area contributed by atoms with Crippen LogP contribution in [-0.4, -0.2) is 21.6 Å². The summed E-state index contributed by atoms with van der Waals surface area (Å²) in [6.45, 7) is 5.05. The Bertz CT molecular complexity index is 787. The summed E-state index contributed by atoms with van der Waals surface area (Å²) in [7, 11) is 0. The first-order chi connectivity index (χ1) is 11.6. The van der Waals surface area contributed by atoms with Crippen molar-refractivity contribution in [2.45, 2.75) is 26.4 Å². The second-order valence-corrected chi connectivity index (χ2v) is 5.98. The van der Waals surface area contributed by atoms with Crippen LogP contribution >= 0.6 is 0 Å². The molecule has 0 aliphatic heterocycles. The first-order valence-corrected chi connectivity index (χ1v) is 7.22. The molecule has 0 bridgehead atoms. The van der Waals surface area contributed by atoms with Crippen molar-refractivity contribution in [2.75, 3.05) is 5.32 Å². The third-order valence-corrected chi connectivity index (χ3v) is 2.72. The summed E-state index contributed by atoms with van der Waals surface area (Å²) in [5.41, 5.74) is -0.847. The molecule has 2 aromatic rings. The zero-order chi connectivity index (χ0) is 18.6. The van der Waals surface area contributed by atoms with E-state index in [1.807, 2.05) is 0 Å². The van der Waals surface area contributed by atoms with Gasteiger partial charge in [0.1, 0.15) is 17.2 Å². The maximum atomic E-state index is 13.8. The van der Waals surface area contributed by atoms with Crippen molar-refractivity contribution in [1.29, 1.82) is 0 Å². The van der Waals surface area contributed by atoms with Crippen LogP contribution in [0.3, 0.4) is 0 Å². The van der Waals surface area contributed by atoms with Crippen molar-refractivity contribution in [3.63, 3.8) is 0 Å². The van der Waals surface area contributed by atoms with E-state index >= 15 is 0 Å². The SMILES string of the molecule is CC(C)(C)OC(=O)Nc1cc(Oc2ccc([N+](=O)[O-])nc2)ccc1F. The molecule has 0 saturated heterocycles. The fourth-order valence-corrected chi connectivity index (χ4v) is 1.75. The standard InChI is InChI=1S/C16H16FN3O5/c1-16(2,3)25-15(21)19-13-8-10(4-6-12(13)17)24-11-5-7-14(18-9-11)20(22)23/h4-9H,1-3H3,(H,19,21). The van der Waals surface area contributed by atoms with Gasteiger partial charge in [0.2, 0.25) is 0 Å². The van der Waals surface area contributed by atoms with Crippen LogP contribution in [0.4, 0.5) is 20.7 Å². The van der Waals surface area contributed by atoms with Crippen molar-refractivity contribution >= 4 is 17.6 Å². The van der Waals surface area contributed by atoms with Crippen LogP contribution in [0.5, 0.6) is 11.5 Å². The highest BCUT2D eigenvalue weighted by Gasteiger charge is 2.18. The fourth-order valence-electron chi connectivity index (χ4n) is 1.75. The van der Waals surface area contributed by atoms with Crippen LogP contribution in [0.1, 0.15) is 20.8 Å². The highest BCUT2D eigenvalue weighted by molar-refractivity contribution is 5.85. The lowest BCUT2D eigenvalue weighted by Gasteiger charge is -2.20. The van der Waals surface area contributed by atoms with E-state index in [4.69, 9.17) is 9.47 Å². The molecule has 1 amide bonds. The summed E-state index contributed by atoms with van der Waals surface area (Å²) >= 11 is 0. The molecule has 0 spiro atoms. The molecule has 1 heterocycles. The Morgan fingerprint density at radius 2 is 1.92 bits per heavy atom. The molecule has 0 aliphatic carbocycles. The van der Waals surface area contributed by atoms with Crippen molar-refractivity contribution in [1.82, 2.24) is 4.98 Å². The Hall–Kier alpha value is -3.23. The molecule has 9 heteroatoms. The van der Waals surface area contributed by atoms with Gasteiger partial charge in [-0.2, -0.15) is 0 Å². The highest BCUT2D eigenvalue weighted by Crippen LogP contribution is 2.27. The number of carbonyl (C=O) groups is 1. The van der Waals surface area contributed by atoms with Crippen molar-refractivity contribution in [2.24, 2.45) is 0 Å². The second-order valence-electron chi connectivity index (χ2n) is 5.98. The monoisotopic (exact) mass is 349 g/mol. The van der Waals surface area contributed by atoms with E-state index in [-0.39, 0.29) is 23.0 Å². The number of nitrogens with one attached hydrogen (secondary N) is 1. The van der Waals surface area contributed by atoms with E-state index in [0.29, 0.717) is 0 Å². The molecule has 0 radical (unpaired) electrons. The Morgan fingerprint density at radius 1 is 1.24 bits per heavy atom. The molecular formula is C16H16FN3O5. The number of pyridine rings is 1. The van der Waals surface area contributed by atoms with Gasteiger partial charge >= 0.3 is 11.9 Å². The van der Waals surface area contributed by atoms with Gasteiger partial charge in [0.15, 0.2) is 11.9 Å². The summed E-state index contributed by atoms with van der Waals surface area (Å²) in [6.07, 6.45) is 0.364. The minimum absolute atomic E-state index is 0.123. The maximum absolute atomic E-state index is 13.8. The Morgan fingerprint density at radius 3 is 2.48 bits per heavy atom. The van der Waals surface area contributed by atoms with Gasteiger partial charge in [-0.3, -0.25) is 5.32 Å². The summed E-state index contributed by atoms with van der Waals surface area (Å²) < 4.78 is 24.3. The molecular weight excluding hydrogens is 333 g/mol. The van der Waals surface area contributed by atoms with Crippen LogP contribution in [-0.2, 0) is 4.74 Å². The Balaban J connectivity index is 2.12. The van der Waals surface area contributed by atoms with Gasteiger partial charge in [-0.05, 0) is 48.9 Å². The largest absolute Gasteiger partial charge is 0.453 e. The Kier molecular flexibility index (Phi) is 5.16. The average molecular weight is 349 g/mol. The lowest BCUT2D eigenvalue weighted by molar-refractivity contribution is -0.389. The highest BCUT2D eigenvalue weighted by atomic mass is 19.1. The molecule has 0 saturated carbocycles. The van der Waals surface area contributed by atoms with Crippen LogP contribution in [0.2, 0.25) is 0 Å². The summed E-state index contributed by atoms with van der Waals surface area (Å²) in [5, 5.41) is 12.9. The topological polar surface area (TPSA) is 104 Å². The number of ether oxygens (including phenoxy) is 2. The van der Waals surface area contributed by atoms with Crippen LogP contribution in [0, 0.1) is 15.9 Å². The number of aromatic nitrogens is 1. The van der Waals surface area contributed by atoms with Crippen molar-refractivity contribution in [3.8, 4) is 11.5 Å². The second kappa shape index (κ2) is 7.12. The smallest absolute Gasteiger partial charge is 0.412 e. The summed E-state index contributed by atoms with van der Waals surface area (Å²) in [5.74, 6) is -0.553. The number of nitrogens with zero attached hydrogens (tertiary/aromatic N) is 2. The minimum Gasteiger partial charge on any atom is -0.453 e. The third-order valence-electron chi connectivity index (χ3n) is 2.72. The van der Waals surface area contributed by atoms with Crippen LogP contribution in [0.25, 0.3) is 0 Å². The van der Waals surface area contributed by atoms with Gasteiger partial charge in [0.05, 0.1) is 5.69 Å². The minimum atomic E-state index is -0.805. The first kappa shape index (κ1) is 18.1. The van der Waals surface area contributed by atoms with Crippen molar-refractivity contribution in [3.05, 3.63) is 52.5 Å². The molecule has 8 nitrogen and oxygen atoms in total. The lowest BCUT2D eigenvalue weighted by Crippen LogP contribution is -2.27. The molecule has 1 aromatic heterocycles. The predicted octanol–water partition coefficient (Wildman–Crippen LogP) is 4.27. The van der Waals surface area contributed by atoms with E-state index < -0.39 is 22.4 Å². The van der Waals surface area contributed by atoms with Crippen LogP contribution in [0.15, 0.2) is 36.5 Å². The number of benzene rings is 1. The molecule has 25 heavy (non-hydrogen) atoms. The number of amides is 1. The number of halogens is 1. The van der Waals surface area contributed by atoms with Gasteiger partial charge < -0.3 is 19.6 Å². The molecule has 0 aliphatic rings. The van der Waals surface area contributed by atoms with Gasteiger partial charge in [0, 0.05) is 12.1 Å². The van der Waals surface area contributed by atoms with Crippen LogP contribution < -0.4 is 10.1 Å². The normalized spacial score (nSPS) is 10.9. The number of hydrogen-bond donors (Lipinski definition) is 1. The quantitative estimate of drug-likeness (QED) is 0.653. The first-order valence-electron chi connectivity index (χ1n) is 7.22. The van der Waals surface area contributed by atoms with Gasteiger partial charge in [-0.15, -0.1) is 0 Å². The summed E-state index contributed by atoms with van der Waals surface area (Å²) in [6, 6.07) is 6.26. The van der Waals surface area contributed by atoms with Crippen molar-refractivity contribution < 1.29 is 23.6 Å². The molecule has 132 valence electrons. The number of anilines is 1. The van der Waals surface area contributed by atoms with E-state index in [0.717, 1.165) is 6.07 Å². The maximum Gasteiger partial charge on any atom is 0.412 e. The fraction of sp³-hybridized carbons (Fsp3) is 0.250. The molecule has 2 rings (SSSR count). The number of carbonyl (C=O) groups excluding carboxylic acids is 1. The number of nitro groups is 1. The van der Waals surface area contributed by atoms with E-state index in [1.54, 1.807) is 20.8 Å². The third kappa shape index (κ3) is 5.41. The van der Waals surface area contributed by atoms with E-state index in [1.165, 1.54) is 30.5 Å². The molecule has 1 N–H and O–H groups in total. The van der Waals surface area contributed by atoms with E-state index in [2.05, 4.69) is 10.3 Å². The number of hydrogen-bond acceptors (Lipinski definition) is 6. The van der Waals surface area contributed by atoms with Gasteiger partial charge in [-0.25, -0.2) is 9.18 Å². The Labute approximate surface area is 142 Å². The molecule has 0 unspecified atom stereocenters. The zero-order valence-corrected chi connectivity index (χ0v) is 13.8. The van der Waals surface area contributed by atoms with E-state index in [9.17, 15) is 19.3 Å².